The monoisotopic (exact) mass is 252 g/mol. The maximum Gasteiger partial charge on any atom is 0.470 e. The van der Waals surface area contributed by atoms with Crippen LogP contribution < -0.4 is 0 Å². The number of Topliss-reactive ketones (excluding diaryl/α,β-unsaturated/α-hetero) is 1. The van der Waals surface area contributed by atoms with Gasteiger partial charge in [0.2, 0.25) is 0 Å². The standard InChI is InChI=1S/C9H18NO5P/c1-7(2)9(11)8(6-10(3,4)5)15-16(12,13)14/h8H,1,6H2,2-5H3,(H-,12,13,14)/p+1. The molecule has 6 nitrogen and oxygen atoms in total. The van der Waals surface area contributed by atoms with E-state index in [0.717, 1.165) is 0 Å². The van der Waals surface area contributed by atoms with Crippen molar-refractivity contribution in [1.82, 2.24) is 0 Å². The Morgan fingerprint density at radius 3 is 2.12 bits per heavy atom. The van der Waals surface area contributed by atoms with Gasteiger partial charge in [-0.2, -0.15) is 0 Å². The third-order valence-corrected chi connectivity index (χ3v) is 2.22. The summed E-state index contributed by atoms with van der Waals surface area (Å²) in [6.07, 6.45) is -1.17. The summed E-state index contributed by atoms with van der Waals surface area (Å²) in [5, 5.41) is 0. The second-order valence-corrected chi connectivity index (χ2v) is 5.89. The number of hydrogen-bond acceptors (Lipinski definition) is 3. The zero-order valence-corrected chi connectivity index (χ0v) is 10.9. The van der Waals surface area contributed by atoms with Crippen molar-refractivity contribution in [3.05, 3.63) is 12.2 Å². The molecule has 0 aromatic heterocycles. The van der Waals surface area contributed by atoms with E-state index in [2.05, 4.69) is 11.1 Å². The lowest BCUT2D eigenvalue weighted by Crippen LogP contribution is -2.45. The van der Waals surface area contributed by atoms with Crippen LogP contribution in [0, 0.1) is 0 Å². The van der Waals surface area contributed by atoms with E-state index < -0.39 is 19.7 Å². The van der Waals surface area contributed by atoms with Gasteiger partial charge in [-0.3, -0.25) is 9.32 Å². The van der Waals surface area contributed by atoms with E-state index in [4.69, 9.17) is 9.79 Å². The quantitative estimate of drug-likeness (QED) is 0.404. The molecule has 1 unspecified atom stereocenters. The number of rotatable bonds is 6. The molecule has 0 spiro atoms. The fourth-order valence-electron chi connectivity index (χ4n) is 1.10. The molecular formula is C9H19NO5P+. The Morgan fingerprint density at radius 1 is 1.44 bits per heavy atom. The summed E-state index contributed by atoms with van der Waals surface area (Å²) in [6.45, 7) is 5.09. The van der Waals surface area contributed by atoms with Gasteiger partial charge in [0.1, 0.15) is 6.54 Å². The number of quaternary nitrogens is 1. The van der Waals surface area contributed by atoms with E-state index in [1.54, 1.807) is 21.1 Å². The molecule has 0 aliphatic rings. The topological polar surface area (TPSA) is 83.8 Å². The number of carbonyl (C=O) groups is 1. The number of phosphoric ester groups is 1. The minimum absolute atomic E-state index is 0.163. The summed E-state index contributed by atoms with van der Waals surface area (Å²) in [4.78, 5) is 29.1. The molecule has 0 aromatic carbocycles. The SMILES string of the molecule is C=C(C)C(=O)C(C[N+](C)(C)C)OP(=O)(O)O. The molecule has 16 heavy (non-hydrogen) atoms. The third kappa shape index (κ3) is 6.87. The number of phosphoric acid groups is 1. The first-order valence-corrected chi connectivity index (χ1v) is 6.19. The number of nitrogens with zero attached hydrogens (tertiary/aromatic N) is 1. The third-order valence-electron chi connectivity index (χ3n) is 1.69. The maximum atomic E-state index is 11.6. The molecule has 0 heterocycles. The Kier molecular flexibility index (Phi) is 5.04. The van der Waals surface area contributed by atoms with Gasteiger partial charge in [-0.05, 0) is 12.5 Å². The van der Waals surface area contributed by atoms with Crippen molar-refractivity contribution >= 4 is 13.6 Å². The molecule has 94 valence electrons. The highest BCUT2D eigenvalue weighted by Gasteiger charge is 2.32. The summed E-state index contributed by atoms with van der Waals surface area (Å²) in [5.41, 5.74) is 0.215. The van der Waals surface area contributed by atoms with Gasteiger partial charge < -0.3 is 14.3 Å². The first kappa shape index (κ1) is 15.5. The molecule has 0 saturated carbocycles. The number of likely N-dealkylation sites (N-methyl/N-ethyl adjacent to an activating group) is 1. The van der Waals surface area contributed by atoms with Crippen LogP contribution in [0.5, 0.6) is 0 Å². The van der Waals surface area contributed by atoms with E-state index in [0.29, 0.717) is 4.48 Å². The minimum atomic E-state index is -4.67. The van der Waals surface area contributed by atoms with Crippen molar-refractivity contribution in [3.8, 4) is 0 Å². The predicted molar refractivity (Wildman–Crippen MR) is 59.6 cm³/mol. The minimum Gasteiger partial charge on any atom is -0.328 e. The normalized spacial score (nSPS) is 14.6. The van der Waals surface area contributed by atoms with Gasteiger partial charge in [0.15, 0.2) is 11.9 Å². The van der Waals surface area contributed by atoms with E-state index in [9.17, 15) is 9.36 Å². The van der Waals surface area contributed by atoms with Crippen molar-refractivity contribution in [3.63, 3.8) is 0 Å². The van der Waals surface area contributed by atoms with Crippen LogP contribution in [-0.4, -0.2) is 53.8 Å². The van der Waals surface area contributed by atoms with Gasteiger partial charge in [0.25, 0.3) is 0 Å². The number of hydrogen-bond donors (Lipinski definition) is 2. The molecule has 0 amide bonds. The molecule has 0 aliphatic heterocycles. The van der Waals surface area contributed by atoms with E-state index in [1.807, 2.05) is 0 Å². The molecule has 0 saturated heterocycles. The molecule has 7 heteroatoms. The van der Waals surface area contributed by atoms with Gasteiger partial charge in [0, 0.05) is 0 Å². The van der Waals surface area contributed by atoms with Gasteiger partial charge in [0.05, 0.1) is 21.1 Å². The van der Waals surface area contributed by atoms with Crippen LogP contribution in [0.2, 0.25) is 0 Å². The summed E-state index contributed by atoms with van der Waals surface area (Å²) >= 11 is 0. The van der Waals surface area contributed by atoms with Crippen LogP contribution in [0.15, 0.2) is 12.2 Å². The number of carbonyl (C=O) groups excluding carboxylic acids is 1. The second-order valence-electron chi connectivity index (χ2n) is 4.70. The Balaban J connectivity index is 4.85. The largest absolute Gasteiger partial charge is 0.470 e. The summed E-state index contributed by atoms with van der Waals surface area (Å²) < 4.78 is 15.6. The smallest absolute Gasteiger partial charge is 0.328 e. The van der Waals surface area contributed by atoms with Crippen molar-refractivity contribution < 1.29 is 28.2 Å². The van der Waals surface area contributed by atoms with Crippen LogP contribution >= 0.6 is 7.82 Å². The maximum absolute atomic E-state index is 11.6. The Labute approximate surface area is 95.4 Å². The highest BCUT2D eigenvalue weighted by atomic mass is 31.2. The Morgan fingerprint density at radius 2 is 1.88 bits per heavy atom. The zero-order chi connectivity index (χ0) is 13.1. The van der Waals surface area contributed by atoms with Crippen LogP contribution in [0.4, 0.5) is 0 Å². The van der Waals surface area contributed by atoms with Crippen molar-refractivity contribution in [1.29, 1.82) is 0 Å². The highest BCUT2D eigenvalue weighted by Crippen LogP contribution is 2.38. The lowest BCUT2D eigenvalue weighted by atomic mass is 10.1. The Bertz CT molecular complexity index is 327. The first-order valence-electron chi connectivity index (χ1n) is 4.66. The van der Waals surface area contributed by atoms with Crippen LogP contribution in [0.1, 0.15) is 6.92 Å². The molecule has 0 bridgehead atoms. The molecule has 0 aromatic rings. The molecule has 2 N–H and O–H groups in total. The van der Waals surface area contributed by atoms with Crippen LogP contribution in [0.3, 0.4) is 0 Å². The second kappa shape index (κ2) is 5.21. The van der Waals surface area contributed by atoms with Gasteiger partial charge in [-0.15, -0.1) is 0 Å². The van der Waals surface area contributed by atoms with E-state index in [1.165, 1.54) is 6.92 Å². The van der Waals surface area contributed by atoms with Gasteiger partial charge in [-0.1, -0.05) is 6.58 Å². The fourth-order valence-corrected chi connectivity index (χ4v) is 1.60. The average Bonchev–Trinajstić information content (AvgIpc) is 1.95. The summed E-state index contributed by atoms with van der Waals surface area (Å²) in [7, 11) is 0.707. The van der Waals surface area contributed by atoms with Crippen molar-refractivity contribution in [2.24, 2.45) is 0 Å². The number of ketones is 1. The molecule has 0 fully saturated rings. The van der Waals surface area contributed by atoms with Crippen molar-refractivity contribution in [2.75, 3.05) is 27.7 Å². The van der Waals surface area contributed by atoms with Crippen molar-refractivity contribution in [2.45, 2.75) is 13.0 Å². The molecule has 1 atom stereocenters. The summed E-state index contributed by atoms with van der Waals surface area (Å²) in [6, 6.07) is 0. The highest BCUT2D eigenvalue weighted by molar-refractivity contribution is 7.46. The predicted octanol–water partition coefficient (Wildman–Crippen LogP) is 0.316. The molecule has 0 radical (unpaired) electrons. The van der Waals surface area contributed by atoms with Crippen LogP contribution in [0.25, 0.3) is 0 Å². The molecule has 0 rings (SSSR count). The Hall–Kier alpha value is -0.520. The first-order chi connectivity index (χ1) is 6.92. The lowest BCUT2D eigenvalue weighted by molar-refractivity contribution is -0.872. The fraction of sp³-hybridized carbons (Fsp3) is 0.667. The van der Waals surface area contributed by atoms with Gasteiger partial charge in [-0.25, -0.2) is 4.57 Å². The summed E-state index contributed by atoms with van der Waals surface area (Å²) in [5.74, 6) is -0.489. The van der Waals surface area contributed by atoms with Gasteiger partial charge >= 0.3 is 7.82 Å². The molecular weight excluding hydrogens is 233 g/mol. The van der Waals surface area contributed by atoms with E-state index >= 15 is 0 Å². The zero-order valence-electron chi connectivity index (χ0n) is 10.0. The van der Waals surface area contributed by atoms with E-state index in [-0.39, 0.29) is 12.1 Å². The average molecular weight is 252 g/mol. The van der Waals surface area contributed by atoms with Crippen LogP contribution in [-0.2, 0) is 13.9 Å². The lowest BCUT2D eigenvalue weighted by Gasteiger charge is -2.28. The molecule has 0 aliphatic carbocycles.